The van der Waals surface area contributed by atoms with Crippen LogP contribution in [0.3, 0.4) is 0 Å². The van der Waals surface area contributed by atoms with Crippen LogP contribution >= 0.6 is 11.6 Å². The Balaban J connectivity index is 2.16. The minimum absolute atomic E-state index is 0.381. The van der Waals surface area contributed by atoms with Crippen molar-refractivity contribution in [3.63, 3.8) is 0 Å². The molecule has 0 aromatic heterocycles. The van der Waals surface area contributed by atoms with Gasteiger partial charge < -0.3 is 10.1 Å². The molecule has 1 N–H and O–H groups in total. The molecule has 0 fully saturated rings. The lowest BCUT2D eigenvalue weighted by atomic mass is 10.0. The molecule has 0 spiro atoms. The van der Waals surface area contributed by atoms with Crippen molar-refractivity contribution in [3.8, 4) is 11.5 Å². The average molecular weight is 290 g/mol. The van der Waals surface area contributed by atoms with E-state index in [-0.39, 0.29) is 0 Å². The molecule has 2 nitrogen and oxygen atoms in total. The summed E-state index contributed by atoms with van der Waals surface area (Å²) in [5.41, 5.74) is 2.39. The smallest absolute Gasteiger partial charge is 0.146 e. The van der Waals surface area contributed by atoms with E-state index in [1.54, 1.807) is 0 Å². The van der Waals surface area contributed by atoms with E-state index in [1.807, 2.05) is 44.3 Å². The molecule has 0 heterocycles. The van der Waals surface area contributed by atoms with Gasteiger partial charge in [0.15, 0.2) is 0 Å². The highest BCUT2D eigenvalue weighted by Crippen LogP contribution is 2.30. The molecule has 0 amide bonds. The fourth-order valence-corrected chi connectivity index (χ4v) is 2.35. The van der Waals surface area contributed by atoms with Crippen LogP contribution in [0.1, 0.15) is 30.5 Å². The first-order chi connectivity index (χ1) is 9.63. The highest BCUT2D eigenvalue weighted by molar-refractivity contribution is 6.32. The van der Waals surface area contributed by atoms with Gasteiger partial charge in [-0.15, -0.1) is 0 Å². The van der Waals surface area contributed by atoms with Gasteiger partial charge in [0.2, 0.25) is 0 Å². The Morgan fingerprint density at radius 3 is 2.45 bits per heavy atom. The molecule has 0 radical (unpaired) electrons. The van der Waals surface area contributed by atoms with Gasteiger partial charge in [-0.25, -0.2) is 0 Å². The molecule has 2 rings (SSSR count). The first-order valence-electron chi connectivity index (χ1n) is 6.85. The zero-order chi connectivity index (χ0) is 14.5. The van der Waals surface area contributed by atoms with Crippen LogP contribution < -0.4 is 10.1 Å². The third-order valence-corrected chi connectivity index (χ3v) is 3.67. The lowest BCUT2D eigenvalue weighted by Gasteiger charge is -2.15. The zero-order valence-electron chi connectivity index (χ0n) is 12.1. The number of benzene rings is 2. The molecule has 0 aliphatic rings. The predicted octanol–water partition coefficient (Wildman–Crippen LogP) is 5.11. The fraction of sp³-hybridized carbons (Fsp3) is 0.294. The van der Waals surface area contributed by atoms with Crippen LogP contribution in [0.25, 0.3) is 0 Å². The highest BCUT2D eigenvalue weighted by Gasteiger charge is 2.07. The van der Waals surface area contributed by atoms with E-state index in [0.29, 0.717) is 16.8 Å². The van der Waals surface area contributed by atoms with Gasteiger partial charge in [0.05, 0.1) is 5.02 Å². The van der Waals surface area contributed by atoms with Gasteiger partial charge in [-0.2, -0.15) is 0 Å². The summed E-state index contributed by atoms with van der Waals surface area (Å²) in [6.45, 7) is 4.18. The van der Waals surface area contributed by atoms with E-state index in [0.717, 1.165) is 17.7 Å². The molecular weight excluding hydrogens is 270 g/mol. The number of hydrogen-bond acceptors (Lipinski definition) is 2. The summed E-state index contributed by atoms with van der Waals surface area (Å²) in [4.78, 5) is 0. The third-order valence-electron chi connectivity index (χ3n) is 3.35. The molecule has 2 aromatic rings. The van der Waals surface area contributed by atoms with Gasteiger partial charge in [-0.3, -0.25) is 0 Å². The van der Waals surface area contributed by atoms with Crippen molar-refractivity contribution in [2.75, 3.05) is 7.05 Å². The second-order valence-electron chi connectivity index (χ2n) is 4.85. The van der Waals surface area contributed by atoms with Crippen molar-refractivity contribution >= 4 is 11.6 Å². The fourth-order valence-electron chi connectivity index (χ4n) is 2.19. The van der Waals surface area contributed by atoms with E-state index < -0.39 is 0 Å². The number of aryl methyl sites for hydroxylation is 1. The first-order valence-corrected chi connectivity index (χ1v) is 7.23. The molecule has 3 heteroatoms. The van der Waals surface area contributed by atoms with Crippen LogP contribution in [0.15, 0.2) is 42.5 Å². The van der Waals surface area contributed by atoms with E-state index in [1.165, 1.54) is 5.56 Å². The Bertz CT molecular complexity index is 562. The Hall–Kier alpha value is -1.51. The molecule has 1 unspecified atom stereocenters. The quantitative estimate of drug-likeness (QED) is 0.826. The lowest BCUT2D eigenvalue weighted by Crippen LogP contribution is -2.14. The summed E-state index contributed by atoms with van der Waals surface area (Å²) in [5, 5.41) is 3.92. The minimum atomic E-state index is 0.381. The molecular formula is C17H20ClNO. The van der Waals surface area contributed by atoms with Gasteiger partial charge in [-0.1, -0.05) is 36.7 Å². The zero-order valence-corrected chi connectivity index (χ0v) is 12.9. The topological polar surface area (TPSA) is 21.3 Å². The van der Waals surface area contributed by atoms with Crippen molar-refractivity contribution in [1.82, 2.24) is 5.32 Å². The highest BCUT2D eigenvalue weighted by atomic mass is 35.5. The maximum atomic E-state index is 6.14. The minimum Gasteiger partial charge on any atom is -0.456 e. The summed E-state index contributed by atoms with van der Waals surface area (Å²) < 4.78 is 5.84. The Kier molecular flexibility index (Phi) is 5.05. The van der Waals surface area contributed by atoms with E-state index >= 15 is 0 Å². The maximum Gasteiger partial charge on any atom is 0.146 e. The van der Waals surface area contributed by atoms with Gasteiger partial charge in [0, 0.05) is 6.04 Å². The van der Waals surface area contributed by atoms with Crippen LogP contribution in [0.5, 0.6) is 11.5 Å². The van der Waals surface area contributed by atoms with Crippen molar-refractivity contribution in [2.45, 2.75) is 26.3 Å². The van der Waals surface area contributed by atoms with Crippen molar-refractivity contribution in [3.05, 3.63) is 58.6 Å². The van der Waals surface area contributed by atoms with Gasteiger partial charge in [0.25, 0.3) is 0 Å². The molecule has 1 atom stereocenters. The van der Waals surface area contributed by atoms with E-state index in [4.69, 9.17) is 16.3 Å². The van der Waals surface area contributed by atoms with Crippen LogP contribution in [0, 0.1) is 6.92 Å². The summed E-state index contributed by atoms with van der Waals surface area (Å²) in [7, 11) is 1.98. The van der Waals surface area contributed by atoms with Gasteiger partial charge >= 0.3 is 0 Å². The monoisotopic (exact) mass is 289 g/mol. The summed E-state index contributed by atoms with van der Waals surface area (Å²) in [5.74, 6) is 1.49. The largest absolute Gasteiger partial charge is 0.456 e. The van der Waals surface area contributed by atoms with E-state index in [9.17, 15) is 0 Å². The van der Waals surface area contributed by atoms with E-state index in [2.05, 4.69) is 24.4 Å². The van der Waals surface area contributed by atoms with Gasteiger partial charge in [0.1, 0.15) is 11.5 Å². The standard InChI is InChI=1S/C17H20ClNO/c1-4-16(19-3)13-6-8-14(9-7-13)20-17-11-12(2)5-10-15(17)18/h5-11,16,19H,4H2,1-3H3. The van der Waals surface area contributed by atoms with Crippen LogP contribution in [-0.4, -0.2) is 7.05 Å². The Labute approximate surface area is 125 Å². The normalized spacial score (nSPS) is 12.2. The number of rotatable bonds is 5. The average Bonchev–Trinajstić information content (AvgIpc) is 2.46. The van der Waals surface area contributed by atoms with Crippen LogP contribution in [0.4, 0.5) is 0 Å². The second-order valence-corrected chi connectivity index (χ2v) is 5.26. The van der Waals surface area contributed by atoms with Gasteiger partial charge in [-0.05, 0) is 55.8 Å². The van der Waals surface area contributed by atoms with Crippen LogP contribution in [0.2, 0.25) is 5.02 Å². The van der Waals surface area contributed by atoms with Crippen molar-refractivity contribution in [2.24, 2.45) is 0 Å². The van der Waals surface area contributed by atoms with Crippen LogP contribution in [-0.2, 0) is 0 Å². The SMILES string of the molecule is CCC(NC)c1ccc(Oc2cc(C)ccc2Cl)cc1. The Morgan fingerprint density at radius 2 is 1.85 bits per heavy atom. The van der Waals surface area contributed by atoms with Crippen molar-refractivity contribution < 1.29 is 4.74 Å². The molecule has 0 saturated carbocycles. The molecule has 0 saturated heterocycles. The molecule has 0 aliphatic heterocycles. The summed E-state index contributed by atoms with van der Waals surface area (Å²) in [6, 6.07) is 14.3. The number of nitrogens with one attached hydrogen (secondary N) is 1. The summed E-state index contributed by atoms with van der Waals surface area (Å²) >= 11 is 6.14. The molecule has 2 aromatic carbocycles. The summed E-state index contributed by atoms with van der Waals surface area (Å²) in [6.07, 6.45) is 1.06. The maximum absolute atomic E-state index is 6.14. The number of halogens is 1. The predicted molar refractivity (Wildman–Crippen MR) is 84.8 cm³/mol. The second kappa shape index (κ2) is 6.78. The first kappa shape index (κ1) is 14.9. The third kappa shape index (κ3) is 3.53. The molecule has 106 valence electrons. The van der Waals surface area contributed by atoms with Crippen molar-refractivity contribution in [1.29, 1.82) is 0 Å². The molecule has 20 heavy (non-hydrogen) atoms. The Morgan fingerprint density at radius 1 is 1.15 bits per heavy atom. The molecule has 0 bridgehead atoms. The number of hydrogen-bond donors (Lipinski definition) is 1. The molecule has 0 aliphatic carbocycles. The lowest BCUT2D eigenvalue weighted by molar-refractivity contribution is 0.481. The number of ether oxygens (including phenoxy) is 1.